The Morgan fingerprint density at radius 1 is 1.04 bits per heavy atom. The van der Waals surface area contributed by atoms with E-state index in [1.54, 1.807) is 50.2 Å². The van der Waals surface area contributed by atoms with Gasteiger partial charge in [-0.2, -0.15) is 0 Å². The maximum atomic E-state index is 12.2. The van der Waals surface area contributed by atoms with Gasteiger partial charge in [0.15, 0.2) is 6.61 Å². The van der Waals surface area contributed by atoms with E-state index >= 15 is 0 Å². The van der Waals surface area contributed by atoms with E-state index < -0.39 is 24.5 Å². The summed E-state index contributed by atoms with van der Waals surface area (Å²) in [7, 11) is 1.28. The minimum Gasteiger partial charge on any atom is -0.493 e. The molecule has 142 valence electrons. The lowest BCUT2D eigenvalue weighted by Gasteiger charge is -2.12. The number of methoxy groups -OCH3 is 1. The fraction of sp³-hybridized carbons (Fsp3) is 0.250. The molecule has 2 aromatic carbocycles. The Kier molecular flexibility index (Phi) is 6.93. The van der Waals surface area contributed by atoms with E-state index in [0.717, 1.165) is 5.56 Å². The SMILES string of the molecule is CCOc1ccccc1C(=O)OCC(=O)Nc1cc(C(=O)OC)ccc1C. The van der Waals surface area contributed by atoms with Crippen molar-refractivity contribution >= 4 is 23.5 Å². The highest BCUT2D eigenvalue weighted by Crippen LogP contribution is 2.20. The number of rotatable bonds is 7. The molecule has 0 unspecified atom stereocenters. The molecule has 0 aliphatic carbocycles. The maximum absolute atomic E-state index is 12.2. The van der Waals surface area contributed by atoms with Crippen LogP contribution in [0.2, 0.25) is 0 Å². The predicted octanol–water partition coefficient (Wildman–Crippen LogP) is 2.98. The fourth-order valence-electron chi connectivity index (χ4n) is 2.31. The first-order valence-electron chi connectivity index (χ1n) is 8.34. The standard InChI is InChI=1S/C20H21NO6/c1-4-26-17-8-6-5-7-15(17)20(24)27-12-18(22)21-16-11-14(19(23)25-3)10-9-13(16)2/h5-11H,4,12H2,1-3H3,(H,21,22). The van der Waals surface area contributed by atoms with Crippen LogP contribution < -0.4 is 10.1 Å². The van der Waals surface area contributed by atoms with Crippen molar-refractivity contribution in [2.24, 2.45) is 0 Å². The zero-order chi connectivity index (χ0) is 19.8. The van der Waals surface area contributed by atoms with E-state index in [-0.39, 0.29) is 5.56 Å². The molecule has 2 aromatic rings. The average molecular weight is 371 g/mol. The highest BCUT2D eigenvalue weighted by Gasteiger charge is 2.16. The number of benzene rings is 2. The van der Waals surface area contributed by atoms with Gasteiger partial charge in [0.25, 0.3) is 5.91 Å². The topological polar surface area (TPSA) is 90.9 Å². The van der Waals surface area contributed by atoms with Crippen LogP contribution in [0.3, 0.4) is 0 Å². The number of nitrogens with one attached hydrogen (secondary N) is 1. The quantitative estimate of drug-likeness (QED) is 0.753. The van der Waals surface area contributed by atoms with E-state index in [4.69, 9.17) is 9.47 Å². The first kappa shape index (κ1) is 20.0. The number of para-hydroxylation sites is 1. The lowest BCUT2D eigenvalue weighted by atomic mass is 10.1. The summed E-state index contributed by atoms with van der Waals surface area (Å²) in [5.74, 6) is -1.30. The van der Waals surface area contributed by atoms with Crippen molar-refractivity contribution in [3.05, 3.63) is 59.2 Å². The van der Waals surface area contributed by atoms with Crippen LogP contribution in [0.25, 0.3) is 0 Å². The van der Waals surface area contributed by atoms with Crippen LogP contribution in [0.1, 0.15) is 33.2 Å². The molecule has 0 aliphatic rings. The second kappa shape index (κ2) is 9.38. The second-order valence-electron chi connectivity index (χ2n) is 5.57. The molecule has 2 rings (SSSR count). The Bertz CT molecular complexity index is 846. The molecular formula is C20H21NO6. The number of carbonyl (C=O) groups is 3. The van der Waals surface area contributed by atoms with E-state index in [1.165, 1.54) is 13.2 Å². The summed E-state index contributed by atoms with van der Waals surface area (Å²) >= 11 is 0. The van der Waals surface area contributed by atoms with Crippen molar-refractivity contribution in [3.8, 4) is 5.75 Å². The van der Waals surface area contributed by atoms with E-state index in [0.29, 0.717) is 23.6 Å². The summed E-state index contributed by atoms with van der Waals surface area (Å²) in [5.41, 5.74) is 1.75. The number of ether oxygens (including phenoxy) is 3. The summed E-state index contributed by atoms with van der Waals surface area (Å²) in [6, 6.07) is 11.4. The summed E-state index contributed by atoms with van der Waals surface area (Å²) in [4.78, 5) is 35.9. The summed E-state index contributed by atoms with van der Waals surface area (Å²) < 4.78 is 15.1. The van der Waals surface area contributed by atoms with Gasteiger partial charge in [0, 0.05) is 5.69 Å². The largest absolute Gasteiger partial charge is 0.493 e. The summed E-state index contributed by atoms with van der Waals surface area (Å²) in [6.45, 7) is 3.52. The Labute approximate surface area is 157 Å². The Balaban J connectivity index is 2.01. The third-order valence-electron chi connectivity index (χ3n) is 3.67. The molecule has 0 saturated heterocycles. The number of amides is 1. The number of hydrogen-bond donors (Lipinski definition) is 1. The predicted molar refractivity (Wildman–Crippen MR) is 99.0 cm³/mol. The molecule has 7 heteroatoms. The van der Waals surface area contributed by atoms with E-state index in [1.807, 2.05) is 0 Å². The Morgan fingerprint density at radius 2 is 1.78 bits per heavy atom. The van der Waals surface area contributed by atoms with Crippen molar-refractivity contribution in [1.82, 2.24) is 0 Å². The molecule has 1 N–H and O–H groups in total. The lowest BCUT2D eigenvalue weighted by molar-refractivity contribution is -0.119. The van der Waals surface area contributed by atoms with Crippen LogP contribution in [0.5, 0.6) is 5.75 Å². The van der Waals surface area contributed by atoms with Crippen LogP contribution in [0, 0.1) is 6.92 Å². The lowest BCUT2D eigenvalue weighted by Crippen LogP contribution is -2.22. The number of carbonyl (C=O) groups excluding carboxylic acids is 3. The molecule has 0 fully saturated rings. The zero-order valence-electron chi connectivity index (χ0n) is 15.4. The number of anilines is 1. The summed E-state index contributed by atoms with van der Waals surface area (Å²) in [6.07, 6.45) is 0. The normalized spacial score (nSPS) is 10.0. The second-order valence-corrected chi connectivity index (χ2v) is 5.57. The molecule has 0 saturated carbocycles. The number of esters is 2. The summed E-state index contributed by atoms with van der Waals surface area (Å²) in [5, 5.41) is 2.62. The first-order valence-corrected chi connectivity index (χ1v) is 8.34. The molecule has 0 heterocycles. The van der Waals surface area contributed by atoms with Gasteiger partial charge in [-0.25, -0.2) is 9.59 Å². The number of aryl methyl sites for hydroxylation is 1. The monoisotopic (exact) mass is 371 g/mol. The van der Waals surface area contributed by atoms with Gasteiger partial charge >= 0.3 is 11.9 Å². The minimum absolute atomic E-state index is 0.246. The van der Waals surface area contributed by atoms with Crippen LogP contribution in [-0.4, -0.2) is 38.2 Å². The fourth-order valence-corrected chi connectivity index (χ4v) is 2.31. The van der Waals surface area contributed by atoms with Crippen molar-refractivity contribution in [2.75, 3.05) is 25.6 Å². The maximum Gasteiger partial charge on any atom is 0.342 e. The average Bonchev–Trinajstić information content (AvgIpc) is 2.68. The van der Waals surface area contributed by atoms with Gasteiger partial charge in [0.05, 0.1) is 19.3 Å². The first-order chi connectivity index (χ1) is 13.0. The molecule has 0 atom stereocenters. The van der Waals surface area contributed by atoms with Crippen LogP contribution in [0.15, 0.2) is 42.5 Å². The minimum atomic E-state index is -0.658. The van der Waals surface area contributed by atoms with Gasteiger partial charge in [-0.15, -0.1) is 0 Å². The molecule has 7 nitrogen and oxygen atoms in total. The van der Waals surface area contributed by atoms with Crippen molar-refractivity contribution in [2.45, 2.75) is 13.8 Å². The van der Waals surface area contributed by atoms with Gasteiger partial charge in [0.1, 0.15) is 11.3 Å². The van der Waals surface area contributed by atoms with Crippen molar-refractivity contribution in [3.63, 3.8) is 0 Å². The van der Waals surface area contributed by atoms with Crippen LogP contribution in [-0.2, 0) is 14.3 Å². The molecule has 27 heavy (non-hydrogen) atoms. The van der Waals surface area contributed by atoms with Crippen molar-refractivity contribution in [1.29, 1.82) is 0 Å². The van der Waals surface area contributed by atoms with Crippen molar-refractivity contribution < 1.29 is 28.6 Å². The van der Waals surface area contributed by atoms with Crippen LogP contribution >= 0.6 is 0 Å². The Morgan fingerprint density at radius 3 is 2.48 bits per heavy atom. The highest BCUT2D eigenvalue weighted by atomic mass is 16.5. The van der Waals surface area contributed by atoms with Gasteiger partial charge in [-0.05, 0) is 43.7 Å². The molecule has 0 bridgehead atoms. The van der Waals surface area contributed by atoms with E-state index in [9.17, 15) is 14.4 Å². The van der Waals surface area contributed by atoms with Gasteiger partial charge < -0.3 is 19.5 Å². The zero-order valence-corrected chi connectivity index (χ0v) is 15.4. The smallest absolute Gasteiger partial charge is 0.342 e. The molecule has 0 radical (unpaired) electrons. The molecule has 0 aliphatic heterocycles. The Hall–Kier alpha value is -3.35. The van der Waals surface area contributed by atoms with E-state index in [2.05, 4.69) is 10.1 Å². The number of hydrogen-bond acceptors (Lipinski definition) is 6. The molecule has 0 spiro atoms. The van der Waals surface area contributed by atoms with Gasteiger partial charge in [0.2, 0.25) is 0 Å². The molecule has 0 aromatic heterocycles. The third kappa shape index (κ3) is 5.31. The van der Waals surface area contributed by atoms with Gasteiger partial charge in [-0.3, -0.25) is 4.79 Å². The molecular weight excluding hydrogens is 350 g/mol. The van der Waals surface area contributed by atoms with Gasteiger partial charge in [-0.1, -0.05) is 18.2 Å². The molecule has 1 amide bonds. The highest BCUT2D eigenvalue weighted by molar-refractivity contribution is 5.98. The van der Waals surface area contributed by atoms with Crippen LogP contribution in [0.4, 0.5) is 5.69 Å². The third-order valence-corrected chi connectivity index (χ3v) is 3.67.